The third-order valence-corrected chi connectivity index (χ3v) is 6.38. The highest BCUT2D eigenvalue weighted by atomic mass is 79.9. The largest absolute Gasteiger partial charge is 0.340 e. The smallest absolute Gasteiger partial charge is 0.322 e. The van der Waals surface area contributed by atoms with Crippen molar-refractivity contribution in [1.29, 1.82) is 0 Å². The van der Waals surface area contributed by atoms with Crippen molar-refractivity contribution in [3.63, 3.8) is 0 Å². The molecule has 1 N–H and O–H groups in total. The predicted octanol–water partition coefficient (Wildman–Crippen LogP) is 3.88. The summed E-state index contributed by atoms with van der Waals surface area (Å²) in [6, 6.07) is 4.07. The molecule has 0 aliphatic carbocycles. The van der Waals surface area contributed by atoms with Crippen molar-refractivity contribution in [3.8, 4) is 0 Å². The average molecular weight is 478 g/mol. The Hall–Kier alpha value is -2.42. The van der Waals surface area contributed by atoms with Crippen LogP contribution in [-0.2, 0) is 19.5 Å². The molecule has 2 aliphatic heterocycles. The Bertz CT molecular complexity index is 992. The number of halogens is 2. The summed E-state index contributed by atoms with van der Waals surface area (Å²) in [5.74, 6) is -0.0443. The fourth-order valence-corrected chi connectivity index (χ4v) is 4.67. The zero-order valence-corrected chi connectivity index (χ0v) is 18.7. The lowest BCUT2D eigenvalue weighted by Crippen LogP contribution is -2.39. The van der Waals surface area contributed by atoms with E-state index >= 15 is 0 Å². The number of benzene rings is 1. The molecule has 3 heterocycles. The molecule has 1 aromatic heterocycles. The van der Waals surface area contributed by atoms with E-state index in [0.29, 0.717) is 47.8 Å². The van der Waals surface area contributed by atoms with Gasteiger partial charge in [-0.1, -0.05) is 13.3 Å². The van der Waals surface area contributed by atoms with E-state index in [1.165, 1.54) is 18.2 Å². The van der Waals surface area contributed by atoms with Gasteiger partial charge in [0, 0.05) is 44.4 Å². The molecule has 0 radical (unpaired) electrons. The molecule has 2 aromatic rings. The Morgan fingerprint density at radius 1 is 1.37 bits per heavy atom. The SMILES string of the molecule is CCC[C@H]1CN(C)C(=O)c2c3c(nn2C1)CCN(C(=O)Nc1ccc(F)c(Br)c1)C3. The van der Waals surface area contributed by atoms with E-state index < -0.39 is 0 Å². The second kappa shape index (κ2) is 8.37. The Morgan fingerprint density at radius 2 is 2.17 bits per heavy atom. The number of hydrogen-bond donors (Lipinski definition) is 1. The van der Waals surface area contributed by atoms with Crippen molar-refractivity contribution in [2.45, 2.75) is 39.3 Å². The lowest BCUT2D eigenvalue weighted by Gasteiger charge is -2.27. The van der Waals surface area contributed by atoms with Crippen molar-refractivity contribution in [2.24, 2.45) is 5.92 Å². The molecule has 0 bridgehead atoms. The molecule has 9 heteroatoms. The van der Waals surface area contributed by atoms with Crippen molar-refractivity contribution in [3.05, 3.63) is 45.4 Å². The molecule has 3 amide bonds. The van der Waals surface area contributed by atoms with Crippen LogP contribution in [0.5, 0.6) is 0 Å². The van der Waals surface area contributed by atoms with Crippen molar-refractivity contribution in [2.75, 3.05) is 25.5 Å². The van der Waals surface area contributed by atoms with Gasteiger partial charge >= 0.3 is 6.03 Å². The first-order valence-electron chi connectivity index (χ1n) is 10.2. The molecule has 1 atom stereocenters. The number of amides is 3. The Kier molecular flexibility index (Phi) is 5.81. The van der Waals surface area contributed by atoms with E-state index in [1.54, 1.807) is 9.80 Å². The summed E-state index contributed by atoms with van der Waals surface area (Å²) in [6.45, 7) is 4.44. The quantitative estimate of drug-likeness (QED) is 0.728. The molecule has 1 aromatic carbocycles. The van der Waals surface area contributed by atoms with Gasteiger partial charge in [0.05, 0.1) is 16.7 Å². The van der Waals surface area contributed by atoms with Crippen LogP contribution in [0.1, 0.15) is 41.5 Å². The summed E-state index contributed by atoms with van der Waals surface area (Å²) in [4.78, 5) is 29.3. The number of fused-ring (bicyclic) bond motifs is 3. The van der Waals surface area contributed by atoms with Crippen molar-refractivity contribution < 1.29 is 14.0 Å². The zero-order chi connectivity index (χ0) is 21.4. The Morgan fingerprint density at radius 3 is 2.90 bits per heavy atom. The van der Waals surface area contributed by atoms with E-state index in [2.05, 4.69) is 28.2 Å². The van der Waals surface area contributed by atoms with Crippen molar-refractivity contribution >= 4 is 33.6 Å². The zero-order valence-electron chi connectivity index (χ0n) is 17.1. The van der Waals surface area contributed by atoms with E-state index in [9.17, 15) is 14.0 Å². The van der Waals surface area contributed by atoms with E-state index in [0.717, 1.165) is 30.6 Å². The minimum absolute atomic E-state index is 0.0351. The van der Waals surface area contributed by atoms with E-state index in [4.69, 9.17) is 5.10 Å². The third-order valence-electron chi connectivity index (χ3n) is 5.77. The Balaban J connectivity index is 1.56. The number of nitrogens with zero attached hydrogens (tertiary/aromatic N) is 4. The van der Waals surface area contributed by atoms with Gasteiger partial charge < -0.3 is 15.1 Å². The third kappa shape index (κ3) is 3.95. The summed E-state index contributed by atoms with van der Waals surface area (Å²) in [7, 11) is 1.83. The summed E-state index contributed by atoms with van der Waals surface area (Å²) < 4.78 is 15.6. The van der Waals surface area contributed by atoms with E-state index in [1.807, 2.05) is 11.7 Å². The first-order valence-corrected chi connectivity index (χ1v) is 11.0. The monoisotopic (exact) mass is 477 g/mol. The number of carbonyl (C=O) groups excluding carboxylic acids is 2. The number of rotatable bonds is 3. The van der Waals surface area contributed by atoms with Gasteiger partial charge in [-0.2, -0.15) is 5.10 Å². The normalized spacial score (nSPS) is 18.7. The minimum Gasteiger partial charge on any atom is -0.340 e. The average Bonchev–Trinajstić information content (AvgIpc) is 3.01. The first-order chi connectivity index (χ1) is 14.4. The van der Waals surface area contributed by atoms with Crippen LogP contribution in [0.4, 0.5) is 14.9 Å². The Labute approximate surface area is 183 Å². The molecular weight excluding hydrogens is 453 g/mol. The van der Waals surface area contributed by atoms with Gasteiger partial charge in [0.2, 0.25) is 0 Å². The van der Waals surface area contributed by atoms with Gasteiger partial charge in [-0.05, 0) is 46.5 Å². The number of urea groups is 1. The molecule has 30 heavy (non-hydrogen) atoms. The highest BCUT2D eigenvalue weighted by Crippen LogP contribution is 2.28. The number of carbonyl (C=O) groups is 2. The molecule has 0 spiro atoms. The van der Waals surface area contributed by atoms with Gasteiger partial charge in [-0.3, -0.25) is 9.48 Å². The second-order valence-corrected chi connectivity index (χ2v) is 8.88. The van der Waals surface area contributed by atoms with E-state index in [-0.39, 0.29) is 17.8 Å². The standard InChI is InChI=1S/C21H25BrFN5O2/c1-3-4-13-10-26(2)20(29)19-15-12-27(8-7-18(15)25-28(19)11-13)21(30)24-14-5-6-17(23)16(22)9-14/h5-6,9,13H,3-4,7-8,10-12H2,1-2H3,(H,24,30)/t13-/m0/s1. The van der Waals surface area contributed by atoms with Gasteiger partial charge in [0.25, 0.3) is 5.91 Å². The van der Waals surface area contributed by atoms with Crippen molar-refractivity contribution in [1.82, 2.24) is 19.6 Å². The van der Waals surface area contributed by atoms with Crippen LogP contribution in [0, 0.1) is 11.7 Å². The topological polar surface area (TPSA) is 70.5 Å². The van der Waals surface area contributed by atoms with Crippen LogP contribution in [0.3, 0.4) is 0 Å². The summed E-state index contributed by atoms with van der Waals surface area (Å²) in [5, 5.41) is 7.54. The fourth-order valence-electron chi connectivity index (χ4n) is 4.29. The summed E-state index contributed by atoms with van der Waals surface area (Å²) >= 11 is 3.13. The molecule has 0 saturated carbocycles. The molecule has 0 fully saturated rings. The lowest BCUT2D eigenvalue weighted by atomic mass is 10.0. The number of hydrogen-bond acceptors (Lipinski definition) is 3. The molecule has 160 valence electrons. The first kappa shape index (κ1) is 20.8. The molecule has 2 aliphatic rings. The van der Waals surface area contributed by atoms with Gasteiger partial charge in [-0.15, -0.1) is 0 Å². The number of aromatic nitrogens is 2. The van der Waals surface area contributed by atoms with Gasteiger partial charge in [-0.25, -0.2) is 9.18 Å². The van der Waals surface area contributed by atoms with Crippen LogP contribution in [0.15, 0.2) is 22.7 Å². The van der Waals surface area contributed by atoms with Crippen LogP contribution in [-0.4, -0.2) is 51.7 Å². The lowest BCUT2D eigenvalue weighted by molar-refractivity contribution is 0.0777. The molecule has 4 rings (SSSR count). The second-order valence-electron chi connectivity index (χ2n) is 8.03. The molecule has 0 saturated heterocycles. The van der Waals surface area contributed by atoms with Crippen LogP contribution in [0.2, 0.25) is 0 Å². The van der Waals surface area contributed by atoms with Crippen LogP contribution >= 0.6 is 15.9 Å². The number of nitrogens with one attached hydrogen (secondary N) is 1. The maximum atomic E-state index is 13.4. The minimum atomic E-state index is -0.387. The van der Waals surface area contributed by atoms with Crippen LogP contribution in [0.25, 0.3) is 0 Å². The summed E-state index contributed by atoms with van der Waals surface area (Å²) in [6.07, 6.45) is 2.71. The maximum Gasteiger partial charge on any atom is 0.322 e. The van der Waals surface area contributed by atoms with Crippen LogP contribution < -0.4 is 5.32 Å². The highest BCUT2D eigenvalue weighted by molar-refractivity contribution is 9.10. The molecule has 7 nitrogen and oxygen atoms in total. The summed E-state index contributed by atoms with van der Waals surface area (Å²) in [5.41, 5.74) is 2.85. The predicted molar refractivity (Wildman–Crippen MR) is 115 cm³/mol. The number of anilines is 1. The molecular formula is C21H25BrFN5O2. The highest BCUT2D eigenvalue weighted by Gasteiger charge is 2.34. The molecule has 0 unspecified atom stereocenters. The fraction of sp³-hybridized carbons (Fsp3) is 0.476. The van der Waals surface area contributed by atoms with Gasteiger partial charge in [0.15, 0.2) is 0 Å². The maximum absolute atomic E-state index is 13.4. The van der Waals surface area contributed by atoms with Gasteiger partial charge in [0.1, 0.15) is 11.5 Å².